The predicted molar refractivity (Wildman–Crippen MR) is 83.5 cm³/mol. The summed E-state index contributed by atoms with van der Waals surface area (Å²) in [4.78, 5) is 20.4. The lowest BCUT2D eigenvalue weighted by Crippen LogP contribution is -2.41. The van der Waals surface area contributed by atoms with E-state index in [9.17, 15) is 4.79 Å². The zero-order valence-corrected chi connectivity index (χ0v) is 13.3. The van der Waals surface area contributed by atoms with Gasteiger partial charge in [-0.15, -0.1) is 0 Å². The van der Waals surface area contributed by atoms with Crippen molar-refractivity contribution < 1.29 is 9.53 Å². The number of carbonyl (C=O) groups excluding carboxylic acids is 1. The van der Waals surface area contributed by atoms with Crippen molar-refractivity contribution in [3.8, 4) is 0 Å². The molecule has 2 aromatic heterocycles. The molecule has 1 saturated carbocycles. The lowest BCUT2D eigenvalue weighted by Gasteiger charge is -2.23. The molecule has 0 aliphatic heterocycles. The van der Waals surface area contributed by atoms with Crippen LogP contribution in [0.5, 0.6) is 0 Å². The average Bonchev–Trinajstić information content (AvgIpc) is 3.05. The second kappa shape index (κ2) is 5.26. The Morgan fingerprint density at radius 2 is 2.18 bits per heavy atom. The van der Waals surface area contributed by atoms with Gasteiger partial charge in [-0.3, -0.25) is 0 Å². The molecule has 3 rings (SSSR count). The Bertz CT molecular complexity index is 683. The van der Waals surface area contributed by atoms with E-state index in [1.54, 1.807) is 12.5 Å². The van der Waals surface area contributed by atoms with Gasteiger partial charge in [-0.1, -0.05) is 0 Å². The number of ether oxygens (including phenoxy) is 1. The number of rotatable bonds is 4. The van der Waals surface area contributed by atoms with Crippen molar-refractivity contribution >= 4 is 17.3 Å². The standard InChI is InChI=1S/C16H22N4O2/c1-15(2,3)22-14(21)19-16(6-7-16)8-10-20-11-18-13-12(20)5-4-9-17-13/h4-5,9,11H,6-8,10H2,1-3H3,(H,19,21). The molecular weight excluding hydrogens is 280 g/mol. The first kappa shape index (κ1) is 14.8. The molecule has 0 saturated heterocycles. The molecule has 0 bridgehead atoms. The molecule has 0 radical (unpaired) electrons. The van der Waals surface area contributed by atoms with Crippen molar-refractivity contribution in [1.82, 2.24) is 19.9 Å². The van der Waals surface area contributed by atoms with E-state index >= 15 is 0 Å². The summed E-state index contributed by atoms with van der Waals surface area (Å²) in [5.41, 5.74) is 1.19. The summed E-state index contributed by atoms with van der Waals surface area (Å²) < 4.78 is 7.42. The number of aromatic nitrogens is 3. The number of aryl methyl sites for hydroxylation is 1. The first-order valence-electron chi connectivity index (χ1n) is 7.64. The maximum atomic E-state index is 11.9. The maximum Gasteiger partial charge on any atom is 0.408 e. The number of alkyl carbamates (subject to hydrolysis) is 1. The van der Waals surface area contributed by atoms with Crippen LogP contribution >= 0.6 is 0 Å². The van der Waals surface area contributed by atoms with Crippen LogP contribution in [0, 0.1) is 0 Å². The van der Waals surface area contributed by atoms with Crippen molar-refractivity contribution in [3.63, 3.8) is 0 Å². The van der Waals surface area contributed by atoms with Crippen LogP contribution in [-0.4, -0.2) is 31.8 Å². The molecule has 0 spiro atoms. The van der Waals surface area contributed by atoms with Gasteiger partial charge in [0, 0.05) is 18.3 Å². The van der Waals surface area contributed by atoms with Gasteiger partial charge in [0.15, 0.2) is 5.65 Å². The Morgan fingerprint density at radius 1 is 1.41 bits per heavy atom. The third-order valence-corrected chi connectivity index (χ3v) is 3.85. The van der Waals surface area contributed by atoms with Gasteiger partial charge in [0.25, 0.3) is 0 Å². The molecular formula is C16H22N4O2. The van der Waals surface area contributed by atoms with Gasteiger partial charge in [0.2, 0.25) is 0 Å². The van der Waals surface area contributed by atoms with E-state index in [0.29, 0.717) is 0 Å². The fourth-order valence-corrected chi connectivity index (χ4v) is 2.52. The SMILES string of the molecule is CC(C)(C)OC(=O)NC1(CCn2cnc3ncccc32)CC1. The summed E-state index contributed by atoms with van der Waals surface area (Å²) in [5.74, 6) is 0. The Morgan fingerprint density at radius 3 is 2.86 bits per heavy atom. The number of hydrogen-bond acceptors (Lipinski definition) is 4. The maximum absolute atomic E-state index is 11.9. The van der Waals surface area contributed by atoms with E-state index < -0.39 is 5.60 Å². The number of carbonyl (C=O) groups is 1. The first-order valence-corrected chi connectivity index (χ1v) is 7.64. The number of fused-ring (bicyclic) bond motifs is 1. The Labute approximate surface area is 129 Å². The number of imidazole rings is 1. The van der Waals surface area contributed by atoms with E-state index in [2.05, 4.69) is 19.9 Å². The summed E-state index contributed by atoms with van der Waals surface area (Å²) >= 11 is 0. The van der Waals surface area contributed by atoms with E-state index in [1.807, 2.05) is 32.9 Å². The van der Waals surface area contributed by atoms with Crippen LogP contribution in [0.15, 0.2) is 24.7 Å². The van der Waals surface area contributed by atoms with E-state index in [-0.39, 0.29) is 11.6 Å². The molecule has 118 valence electrons. The Hall–Kier alpha value is -2.11. The Kier molecular flexibility index (Phi) is 3.54. The van der Waals surface area contributed by atoms with E-state index in [4.69, 9.17) is 4.74 Å². The second-order valence-corrected chi connectivity index (χ2v) is 6.94. The third-order valence-electron chi connectivity index (χ3n) is 3.85. The molecule has 1 fully saturated rings. The predicted octanol–water partition coefficient (Wildman–Crippen LogP) is 2.88. The van der Waals surface area contributed by atoms with E-state index in [1.165, 1.54) is 0 Å². The second-order valence-electron chi connectivity index (χ2n) is 6.94. The van der Waals surface area contributed by atoms with Gasteiger partial charge in [0.1, 0.15) is 5.60 Å². The largest absolute Gasteiger partial charge is 0.444 e. The molecule has 2 heterocycles. The monoisotopic (exact) mass is 302 g/mol. The molecule has 0 unspecified atom stereocenters. The highest BCUT2D eigenvalue weighted by Gasteiger charge is 2.44. The molecule has 0 atom stereocenters. The van der Waals surface area contributed by atoms with Gasteiger partial charge in [-0.05, 0) is 52.2 Å². The lowest BCUT2D eigenvalue weighted by molar-refractivity contribution is 0.0492. The smallest absolute Gasteiger partial charge is 0.408 e. The van der Waals surface area contributed by atoms with Crippen LogP contribution in [-0.2, 0) is 11.3 Å². The number of hydrogen-bond donors (Lipinski definition) is 1. The zero-order chi connectivity index (χ0) is 15.8. The summed E-state index contributed by atoms with van der Waals surface area (Å²) in [6.45, 7) is 6.42. The normalized spacial score (nSPS) is 16.5. The molecule has 0 aromatic carbocycles. The molecule has 1 aliphatic carbocycles. The average molecular weight is 302 g/mol. The Balaban J connectivity index is 1.60. The van der Waals surface area contributed by atoms with Gasteiger partial charge in [-0.2, -0.15) is 0 Å². The number of pyridine rings is 1. The van der Waals surface area contributed by atoms with Gasteiger partial charge in [0.05, 0.1) is 11.8 Å². The molecule has 1 N–H and O–H groups in total. The summed E-state index contributed by atoms with van der Waals surface area (Å²) in [6.07, 6.45) is 6.08. The molecule has 6 heteroatoms. The first-order chi connectivity index (χ1) is 10.4. The molecule has 2 aromatic rings. The topological polar surface area (TPSA) is 69.0 Å². The number of nitrogens with one attached hydrogen (secondary N) is 1. The van der Waals surface area contributed by atoms with Crippen LogP contribution < -0.4 is 5.32 Å². The van der Waals surface area contributed by atoms with Crippen LogP contribution in [0.4, 0.5) is 4.79 Å². The van der Waals surface area contributed by atoms with Gasteiger partial charge in [-0.25, -0.2) is 14.8 Å². The van der Waals surface area contributed by atoms with Crippen LogP contribution in [0.25, 0.3) is 11.2 Å². The number of nitrogens with zero attached hydrogens (tertiary/aromatic N) is 3. The quantitative estimate of drug-likeness (QED) is 0.943. The van der Waals surface area contributed by atoms with Crippen molar-refractivity contribution in [2.45, 2.75) is 57.7 Å². The van der Waals surface area contributed by atoms with Gasteiger partial charge < -0.3 is 14.6 Å². The molecule has 6 nitrogen and oxygen atoms in total. The van der Waals surface area contributed by atoms with Crippen LogP contribution in [0.1, 0.15) is 40.0 Å². The third kappa shape index (κ3) is 3.37. The fraction of sp³-hybridized carbons (Fsp3) is 0.562. The lowest BCUT2D eigenvalue weighted by atomic mass is 10.2. The molecule has 1 aliphatic rings. The molecule has 1 amide bonds. The van der Waals surface area contributed by atoms with Crippen molar-refractivity contribution in [1.29, 1.82) is 0 Å². The minimum absolute atomic E-state index is 0.124. The summed E-state index contributed by atoms with van der Waals surface area (Å²) in [7, 11) is 0. The van der Waals surface area contributed by atoms with Crippen LogP contribution in [0.3, 0.4) is 0 Å². The minimum atomic E-state index is -0.466. The van der Waals surface area contributed by atoms with Crippen molar-refractivity contribution in [3.05, 3.63) is 24.7 Å². The number of amides is 1. The highest BCUT2D eigenvalue weighted by Crippen LogP contribution is 2.39. The summed E-state index contributed by atoms with van der Waals surface area (Å²) in [6, 6.07) is 3.92. The molecule has 22 heavy (non-hydrogen) atoms. The minimum Gasteiger partial charge on any atom is -0.444 e. The highest BCUT2D eigenvalue weighted by molar-refractivity contribution is 5.70. The van der Waals surface area contributed by atoms with E-state index in [0.717, 1.165) is 37.0 Å². The van der Waals surface area contributed by atoms with Crippen molar-refractivity contribution in [2.24, 2.45) is 0 Å². The summed E-state index contributed by atoms with van der Waals surface area (Å²) in [5, 5.41) is 3.02. The zero-order valence-electron chi connectivity index (χ0n) is 13.3. The van der Waals surface area contributed by atoms with Crippen LogP contribution in [0.2, 0.25) is 0 Å². The van der Waals surface area contributed by atoms with Crippen molar-refractivity contribution in [2.75, 3.05) is 0 Å². The highest BCUT2D eigenvalue weighted by atomic mass is 16.6. The fourth-order valence-electron chi connectivity index (χ4n) is 2.52. The van der Waals surface area contributed by atoms with Gasteiger partial charge >= 0.3 is 6.09 Å².